The molecule has 5 atom stereocenters. The largest absolute Gasteiger partial charge is 0.506 e. The van der Waals surface area contributed by atoms with Gasteiger partial charge in [0.2, 0.25) is 0 Å². The Kier molecular flexibility index (Phi) is 10.8. The highest BCUT2D eigenvalue weighted by Crippen LogP contribution is 2.53. The number of fused-ring (bicyclic) bond motifs is 3. The van der Waals surface area contributed by atoms with E-state index in [1.165, 1.54) is 26.3 Å². The first-order valence-electron chi connectivity index (χ1n) is 16.6. The zero-order chi connectivity index (χ0) is 35.8. The minimum absolute atomic E-state index is 0.0639. The van der Waals surface area contributed by atoms with Crippen LogP contribution in [-0.4, -0.2) is 74.1 Å². The number of carboxylic acids is 1. The summed E-state index contributed by atoms with van der Waals surface area (Å²) in [6.45, 7) is 14.3. The van der Waals surface area contributed by atoms with Crippen LogP contribution in [0.4, 0.5) is 0 Å². The number of phenols is 1. The summed E-state index contributed by atoms with van der Waals surface area (Å²) in [5.74, 6) is -2.61. The molecule has 10 nitrogen and oxygen atoms in total. The molecule has 3 unspecified atom stereocenters. The molecule has 1 aliphatic carbocycles. The highest BCUT2D eigenvalue weighted by atomic mass is 16.5. The normalized spacial score (nSPS) is 24.3. The Labute approximate surface area is 282 Å². The number of aromatic hydroxyl groups is 1. The maximum Gasteiger partial charge on any atom is 0.330 e. The second-order valence-corrected chi connectivity index (χ2v) is 14.8. The van der Waals surface area contributed by atoms with E-state index in [0.29, 0.717) is 24.8 Å². The molecule has 2 aliphatic heterocycles. The van der Waals surface area contributed by atoms with Crippen LogP contribution in [0.2, 0.25) is 0 Å². The number of hydrogen-bond donors (Lipinski definition) is 4. The number of phenolic OH excluding ortho intramolecular Hbond substituents is 1. The summed E-state index contributed by atoms with van der Waals surface area (Å²) >= 11 is 0. The fraction of sp³-hybridized carbons (Fsp3) is 0.553. The molecule has 3 aliphatic rings. The van der Waals surface area contributed by atoms with Crippen LogP contribution in [-0.2, 0) is 20.7 Å². The van der Waals surface area contributed by atoms with E-state index in [0.717, 1.165) is 12.7 Å². The van der Waals surface area contributed by atoms with Gasteiger partial charge in [-0.15, -0.1) is 0 Å². The summed E-state index contributed by atoms with van der Waals surface area (Å²) in [4.78, 5) is 37.7. The number of allylic oxidation sites excluding steroid dienone is 3. The van der Waals surface area contributed by atoms with Crippen LogP contribution in [0, 0.1) is 11.8 Å². The van der Waals surface area contributed by atoms with Crippen molar-refractivity contribution in [1.82, 2.24) is 0 Å². The van der Waals surface area contributed by atoms with Crippen molar-refractivity contribution in [2.45, 2.75) is 117 Å². The number of rotatable bonds is 13. The number of carboxylic acid groups (broad SMARTS) is 1. The van der Waals surface area contributed by atoms with Crippen LogP contribution in [0.25, 0.3) is 6.08 Å². The van der Waals surface area contributed by atoms with Crippen molar-refractivity contribution < 1.29 is 49.0 Å². The second kappa shape index (κ2) is 14.0. The average Bonchev–Trinajstić information content (AvgIpc) is 2.99. The Morgan fingerprint density at radius 3 is 2.44 bits per heavy atom. The highest BCUT2D eigenvalue weighted by molar-refractivity contribution is 6.15. The van der Waals surface area contributed by atoms with Crippen LogP contribution in [0.1, 0.15) is 103 Å². The predicted octanol–water partition coefficient (Wildman–Crippen LogP) is 5.90. The zero-order valence-corrected chi connectivity index (χ0v) is 29.3. The van der Waals surface area contributed by atoms with Gasteiger partial charge in [-0.2, -0.15) is 0 Å². The van der Waals surface area contributed by atoms with Crippen LogP contribution >= 0.6 is 0 Å². The quantitative estimate of drug-likeness (QED) is 0.0864. The fourth-order valence-corrected chi connectivity index (χ4v) is 6.50. The number of carbonyl (C=O) groups excluding carboxylic acids is 2. The SMILES string of the molecule is CC(C)=CCC[C@@]1(C)C=Cc2c(O)c3c(c(CC(O)C(C)(C)O)c2O1)OC1C(=CC(C=O)C[C@@H]1C(C)(C)OCC/C=C(/C)C(=O)O)C3=O. The number of aliphatic hydroxyl groups excluding tert-OH is 1. The second-order valence-electron chi connectivity index (χ2n) is 14.8. The number of aliphatic hydroxyl groups is 2. The minimum atomic E-state index is -1.51. The van der Waals surface area contributed by atoms with Gasteiger partial charge < -0.3 is 39.4 Å². The molecule has 1 aromatic carbocycles. The molecule has 48 heavy (non-hydrogen) atoms. The summed E-state index contributed by atoms with van der Waals surface area (Å²) in [6, 6.07) is 0. The van der Waals surface area contributed by atoms with Gasteiger partial charge in [0, 0.05) is 35.0 Å². The Morgan fingerprint density at radius 1 is 1.15 bits per heavy atom. The lowest BCUT2D eigenvalue weighted by molar-refractivity contribution is -0.132. The Bertz CT molecular complexity index is 1570. The van der Waals surface area contributed by atoms with Gasteiger partial charge in [-0.3, -0.25) is 4.79 Å². The fourth-order valence-electron chi connectivity index (χ4n) is 6.50. The number of ether oxygens (including phenoxy) is 3. The van der Waals surface area contributed by atoms with Crippen molar-refractivity contribution in [3.63, 3.8) is 0 Å². The lowest BCUT2D eigenvalue weighted by Gasteiger charge is -2.45. The molecule has 0 radical (unpaired) electrons. The third kappa shape index (κ3) is 7.77. The molecule has 0 spiro atoms. The summed E-state index contributed by atoms with van der Waals surface area (Å²) in [6.07, 6.45) is 9.36. The Balaban J connectivity index is 1.82. The highest BCUT2D eigenvalue weighted by Gasteiger charge is 2.50. The van der Waals surface area contributed by atoms with Gasteiger partial charge in [0.25, 0.3) is 0 Å². The van der Waals surface area contributed by atoms with E-state index in [4.69, 9.17) is 14.2 Å². The third-order valence-corrected chi connectivity index (χ3v) is 9.63. The summed E-state index contributed by atoms with van der Waals surface area (Å²) in [5.41, 5.74) is -1.07. The molecule has 0 bridgehead atoms. The van der Waals surface area contributed by atoms with E-state index in [2.05, 4.69) is 6.08 Å². The van der Waals surface area contributed by atoms with E-state index in [1.807, 2.05) is 40.7 Å². The first-order valence-corrected chi connectivity index (χ1v) is 16.6. The molecule has 2 heterocycles. The van der Waals surface area contributed by atoms with E-state index < -0.39 is 52.6 Å². The predicted molar refractivity (Wildman–Crippen MR) is 181 cm³/mol. The number of Topliss-reactive ketones (excluding diaryl/α,β-unsaturated/α-hetero) is 1. The molecule has 0 amide bonds. The van der Waals surface area contributed by atoms with Crippen molar-refractivity contribution in [3.8, 4) is 17.2 Å². The van der Waals surface area contributed by atoms with Gasteiger partial charge in [-0.05, 0) is 93.2 Å². The molecule has 1 aromatic rings. The Hall–Kier alpha value is -3.73. The summed E-state index contributed by atoms with van der Waals surface area (Å²) in [5, 5.41) is 42.7. The van der Waals surface area contributed by atoms with Crippen LogP contribution in [0.15, 0.2) is 41.0 Å². The first kappa shape index (κ1) is 37.1. The number of aldehydes is 1. The molecule has 262 valence electrons. The lowest BCUT2D eigenvalue weighted by atomic mass is 9.70. The van der Waals surface area contributed by atoms with Gasteiger partial charge in [-0.25, -0.2) is 4.79 Å². The van der Waals surface area contributed by atoms with Gasteiger partial charge in [0.15, 0.2) is 5.78 Å². The third-order valence-electron chi connectivity index (χ3n) is 9.63. The van der Waals surface area contributed by atoms with E-state index in [9.17, 15) is 34.8 Å². The number of ketones is 1. The molecule has 4 N–H and O–H groups in total. The van der Waals surface area contributed by atoms with E-state index >= 15 is 0 Å². The lowest BCUT2D eigenvalue weighted by Crippen LogP contribution is -2.51. The smallest absolute Gasteiger partial charge is 0.330 e. The first-order chi connectivity index (χ1) is 22.3. The van der Waals surface area contributed by atoms with Crippen LogP contribution < -0.4 is 9.47 Å². The summed E-state index contributed by atoms with van der Waals surface area (Å²) < 4.78 is 19.6. The number of carbonyl (C=O) groups is 3. The van der Waals surface area contributed by atoms with Gasteiger partial charge in [-0.1, -0.05) is 23.8 Å². The standard InChI is InChI=1S/C38H50O10/c1-21(2)11-9-14-38(8)15-13-24-30(41)29-31(42)25-17-23(20-39)18-27(37(6,7)46-16-10-12-22(3)35(43)44)33(25)47-34(29)26(32(24)48-38)19-28(40)36(4,5)45/h11-13,15,17,20,23,27-28,33,40-41,45H,9-10,14,16,18-19H2,1-8H3,(H,43,44)/b22-12-/t23?,27-,28?,33?,38-/m0/s1. The van der Waals surface area contributed by atoms with Gasteiger partial charge in [0.1, 0.15) is 40.8 Å². The summed E-state index contributed by atoms with van der Waals surface area (Å²) in [7, 11) is 0. The van der Waals surface area contributed by atoms with Gasteiger partial charge in [0.05, 0.1) is 29.5 Å². The van der Waals surface area contributed by atoms with E-state index in [1.54, 1.807) is 18.2 Å². The molecule has 10 heteroatoms. The molecule has 4 rings (SSSR count). The maximum absolute atomic E-state index is 14.3. The maximum atomic E-state index is 14.3. The minimum Gasteiger partial charge on any atom is -0.506 e. The van der Waals surface area contributed by atoms with Crippen molar-refractivity contribution >= 4 is 24.1 Å². The Morgan fingerprint density at radius 2 is 1.83 bits per heavy atom. The van der Waals surface area contributed by atoms with Gasteiger partial charge >= 0.3 is 5.97 Å². The number of hydrogen-bond acceptors (Lipinski definition) is 9. The monoisotopic (exact) mass is 666 g/mol. The topological polar surface area (TPSA) is 160 Å². The molecule has 0 aromatic heterocycles. The van der Waals surface area contributed by atoms with Crippen LogP contribution in [0.3, 0.4) is 0 Å². The molecular weight excluding hydrogens is 616 g/mol. The van der Waals surface area contributed by atoms with Crippen molar-refractivity contribution in [2.75, 3.05) is 6.61 Å². The van der Waals surface area contributed by atoms with Crippen molar-refractivity contribution in [3.05, 3.63) is 57.7 Å². The zero-order valence-electron chi connectivity index (χ0n) is 29.3. The van der Waals surface area contributed by atoms with Crippen molar-refractivity contribution in [2.24, 2.45) is 11.8 Å². The average molecular weight is 667 g/mol. The molecular formula is C38H50O10. The molecule has 0 saturated heterocycles. The van der Waals surface area contributed by atoms with Crippen molar-refractivity contribution in [1.29, 1.82) is 0 Å². The van der Waals surface area contributed by atoms with E-state index in [-0.39, 0.29) is 52.5 Å². The van der Waals surface area contributed by atoms with Crippen LogP contribution in [0.5, 0.6) is 17.2 Å². The molecule has 0 fully saturated rings. The number of aliphatic carboxylic acids is 1. The number of benzene rings is 1. The molecule has 0 saturated carbocycles.